The Hall–Kier alpha value is -1.99. The number of nitrogens with zero attached hydrogens (tertiary/aromatic N) is 3. The summed E-state index contributed by atoms with van der Waals surface area (Å²) in [5, 5.41) is 13.9. The molecule has 0 aliphatic rings. The molecule has 0 saturated heterocycles. The SMILES string of the molecule is CN(C)CCNC(=O)c1ccc(Nc2ccc(Br)cc2)nn1. The first kappa shape index (κ1) is 16.4. The first-order chi connectivity index (χ1) is 10.5. The van der Waals surface area contributed by atoms with E-state index in [1.165, 1.54) is 0 Å². The van der Waals surface area contributed by atoms with Gasteiger partial charge in [0.25, 0.3) is 5.91 Å². The summed E-state index contributed by atoms with van der Waals surface area (Å²) in [7, 11) is 3.91. The van der Waals surface area contributed by atoms with Gasteiger partial charge in [-0.25, -0.2) is 0 Å². The molecule has 1 aromatic carbocycles. The minimum absolute atomic E-state index is 0.218. The highest BCUT2D eigenvalue weighted by Crippen LogP contribution is 2.17. The number of likely N-dealkylation sites (N-methyl/N-ethyl adjacent to an activating group) is 1. The van der Waals surface area contributed by atoms with Crippen molar-refractivity contribution < 1.29 is 4.79 Å². The van der Waals surface area contributed by atoms with Crippen LogP contribution in [-0.4, -0.2) is 48.2 Å². The van der Waals surface area contributed by atoms with Crippen LogP contribution in [0.25, 0.3) is 0 Å². The van der Waals surface area contributed by atoms with Crippen molar-refractivity contribution in [1.29, 1.82) is 0 Å². The Bertz CT molecular complexity index is 613. The highest BCUT2D eigenvalue weighted by molar-refractivity contribution is 9.10. The highest BCUT2D eigenvalue weighted by atomic mass is 79.9. The second-order valence-electron chi connectivity index (χ2n) is 4.99. The van der Waals surface area contributed by atoms with Crippen LogP contribution in [0.1, 0.15) is 10.5 Å². The normalized spacial score (nSPS) is 10.5. The Morgan fingerprint density at radius 3 is 2.45 bits per heavy atom. The van der Waals surface area contributed by atoms with Crippen molar-refractivity contribution in [2.45, 2.75) is 0 Å². The number of carbonyl (C=O) groups is 1. The lowest BCUT2D eigenvalue weighted by Crippen LogP contribution is -2.31. The lowest BCUT2D eigenvalue weighted by molar-refractivity contribution is 0.0945. The van der Waals surface area contributed by atoms with Crippen LogP contribution >= 0.6 is 15.9 Å². The molecule has 0 aliphatic carbocycles. The van der Waals surface area contributed by atoms with Crippen molar-refractivity contribution in [3.05, 3.63) is 46.6 Å². The number of anilines is 2. The quantitative estimate of drug-likeness (QED) is 0.823. The van der Waals surface area contributed by atoms with Crippen LogP contribution in [0.4, 0.5) is 11.5 Å². The smallest absolute Gasteiger partial charge is 0.271 e. The minimum atomic E-state index is -0.218. The van der Waals surface area contributed by atoms with Crippen molar-refractivity contribution in [2.75, 3.05) is 32.5 Å². The zero-order chi connectivity index (χ0) is 15.9. The van der Waals surface area contributed by atoms with E-state index in [2.05, 4.69) is 36.8 Å². The molecule has 0 radical (unpaired) electrons. The molecule has 2 aromatic rings. The van der Waals surface area contributed by atoms with Crippen LogP contribution in [0.3, 0.4) is 0 Å². The van der Waals surface area contributed by atoms with E-state index in [1.807, 2.05) is 43.3 Å². The summed E-state index contributed by atoms with van der Waals surface area (Å²) in [6, 6.07) is 11.1. The van der Waals surface area contributed by atoms with Gasteiger partial charge < -0.3 is 15.5 Å². The number of hydrogen-bond acceptors (Lipinski definition) is 5. The predicted molar refractivity (Wildman–Crippen MR) is 90.3 cm³/mol. The first-order valence-corrected chi connectivity index (χ1v) is 7.63. The number of amides is 1. The number of nitrogens with one attached hydrogen (secondary N) is 2. The molecule has 0 atom stereocenters. The number of halogens is 1. The zero-order valence-corrected chi connectivity index (χ0v) is 14.1. The summed E-state index contributed by atoms with van der Waals surface area (Å²) in [5.41, 5.74) is 1.21. The summed E-state index contributed by atoms with van der Waals surface area (Å²) in [6.45, 7) is 1.36. The molecule has 116 valence electrons. The van der Waals surface area contributed by atoms with Crippen LogP contribution in [0.5, 0.6) is 0 Å². The van der Waals surface area contributed by atoms with Gasteiger partial charge in [-0.05, 0) is 50.5 Å². The molecule has 0 aliphatic heterocycles. The van der Waals surface area contributed by atoms with Gasteiger partial charge in [-0.2, -0.15) is 0 Å². The van der Waals surface area contributed by atoms with Gasteiger partial charge in [0.05, 0.1) is 0 Å². The molecule has 6 nitrogen and oxygen atoms in total. The molecule has 2 rings (SSSR count). The second-order valence-corrected chi connectivity index (χ2v) is 5.91. The number of aromatic nitrogens is 2. The molecule has 2 N–H and O–H groups in total. The number of carbonyl (C=O) groups excluding carboxylic acids is 1. The van der Waals surface area contributed by atoms with Gasteiger partial charge in [-0.3, -0.25) is 4.79 Å². The lowest BCUT2D eigenvalue weighted by Gasteiger charge is -2.10. The van der Waals surface area contributed by atoms with E-state index in [9.17, 15) is 4.79 Å². The number of benzene rings is 1. The largest absolute Gasteiger partial charge is 0.349 e. The number of hydrogen-bond donors (Lipinski definition) is 2. The third-order valence-corrected chi connectivity index (χ3v) is 3.39. The molecule has 1 amide bonds. The molecule has 0 saturated carbocycles. The molecule has 0 fully saturated rings. The topological polar surface area (TPSA) is 70.2 Å². The highest BCUT2D eigenvalue weighted by Gasteiger charge is 2.07. The Balaban J connectivity index is 1.92. The Morgan fingerprint density at radius 2 is 1.86 bits per heavy atom. The summed E-state index contributed by atoms with van der Waals surface area (Å²) in [6.07, 6.45) is 0. The van der Waals surface area contributed by atoms with Crippen molar-refractivity contribution >= 4 is 33.3 Å². The van der Waals surface area contributed by atoms with Crippen molar-refractivity contribution in [1.82, 2.24) is 20.4 Å². The summed E-state index contributed by atoms with van der Waals surface area (Å²) in [4.78, 5) is 13.9. The van der Waals surface area contributed by atoms with Crippen molar-refractivity contribution in [3.63, 3.8) is 0 Å². The standard InChI is InChI=1S/C15H18BrN5O/c1-21(2)10-9-17-15(22)13-7-8-14(20-19-13)18-12-5-3-11(16)4-6-12/h3-8H,9-10H2,1-2H3,(H,17,22)(H,18,20). The van der Waals surface area contributed by atoms with Crippen molar-refractivity contribution in [3.8, 4) is 0 Å². The first-order valence-electron chi connectivity index (χ1n) is 6.84. The molecule has 22 heavy (non-hydrogen) atoms. The van der Waals surface area contributed by atoms with Gasteiger partial charge in [-0.15, -0.1) is 10.2 Å². The third-order valence-electron chi connectivity index (χ3n) is 2.86. The molecular weight excluding hydrogens is 346 g/mol. The molecule has 1 aromatic heterocycles. The van der Waals surface area contributed by atoms with E-state index in [0.29, 0.717) is 18.1 Å². The van der Waals surface area contributed by atoms with Gasteiger partial charge in [0.15, 0.2) is 11.5 Å². The van der Waals surface area contributed by atoms with Gasteiger partial charge >= 0.3 is 0 Å². The molecular formula is C15H18BrN5O. The Kier molecular flexibility index (Phi) is 5.85. The molecule has 0 unspecified atom stereocenters. The van der Waals surface area contributed by atoms with E-state index < -0.39 is 0 Å². The monoisotopic (exact) mass is 363 g/mol. The van der Waals surface area contributed by atoms with Crippen LogP contribution in [0.15, 0.2) is 40.9 Å². The molecule has 0 bridgehead atoms. The fraction of sp³-hybridized carbons (Fsp3) is 0.267. The van der Waals surface area contributed by atoms with Crippen LogP contribution in [-0.2, 0) is 0 Å². The summed E-state index contributed by atoms with van der Waals surface area (Å²) in [5.74, 6) is 0.372. The van der Waals surface area contributed by atoms with E-state index in [1.54, 1.807) is 12.1 Å². The van der Waals surface area contributed by atoms with E-state index >= 15 is 0 Å². The van der Waals surface area contributed by atoms with E-state index in [0.717, 1.165) is 16.7 Å². The maximum atomic E-state index is 11.9. The van der Waals surface area contributed by atoms with Crippen LogP contribution in [0, 0.1) is 0 Å². The van der Waals surface area contributed by atoms with Crippen LogP contribution < -0.4 is 10.6 Å². The average Bonchev–Trinajstić information content (AvgIpc) is 2.50. The van der Waals surface area contributed by atoms with E-state index in [-0.39, 0.29) is 5.91 Å². The molecule has 7 heteroatoms. The maximum absolute atomic E-state index is 11.9. The third kappa shape index (κ3) is 5.09. The van der Waals surface area contributed by atoms with Crippen LogP contribution in [0.2, 0.25) is 0 Å². The molecule has 0 spiro atoms. The van der Waals surface area contributed by atoms with Crippen molar-refractivity contribution in [2.24, 2.45) is 0 Å². The Morgan fingerprint density at radius 1 is 1.14 bits per heavy atom. The fourth-order valence-electron chi connectivity index (χ4n) is 1.68. The fourth-order valence-corrected chi connectivity index (χ4v) is 1.95. The zero-order valence-electron chi connectivity index (χ0n) is 12.5. The average molecular weight is 364 g/mol. The second kappa shape index (κ2) is 7.86. The summed E-state index contributed by atoms with van der Waals surface area (Å²) >= 11 is 3.38. The molecule has 1 heterocycles. The van der Waals surface area contributed by atoms with Gasteiger partial charge in [-0.1, -0.05) is 15.9 Å². The van der Waals surface area contributed by atoms with Gasteiger partial charge in [0, 0.05) is 23.2 Å². The predicted octanol–water partition coefficient (Wildman–Crippen LogP) is 2.27. The number of rotatable bonds is 6. The maximum Gasteiger partial charge on any atom is 0.271 e. The lowest BCUT2D eigenvalue weighted by atomic mass is 10.3. The minimum Gasteiger partial charge on any atom is -0.349 e. The van der Waals surface area contributed by atoms with Gasteiger partial charge in [0.1, 0.15) is 0 Å². The Labute approximate surface area is 138 Å². The van der Waals surface area contributed by atoms with Gasteiger partial charge in [0.2, 0.25) is 0 Å². The summed E-state index contributed by atoms with van der Waals surface area (Å²) < 4.78 is 1.01. The van der Waals surface area contributed by atoms with E-state index in [4.69, 9.17) is 0 Å².